The van der Waals surface area contributed by atoms with E-state index in [1.807, 2.05) is 6.26 Å². The fourth-order valence-electron chi connectivity index (χ4n) is 3.35. The van der Waals surface area contributed by atoms with Gasteiger partial charge in [-0.15, -0.1) is 0 Å². The minimum atomic E-state index is -0.853. The van der Waals surface area contributed by atoms with E-state index in [1.54, 1.807) is 57.7 Å². The maximum Gasteiger partial charge on any atom is 0.407 e. The summed E-state index contributed by atoms with van der Waals surface area (Å²) in [4.78, 5) is 28.7. The van der Waals surface area contributed by atoms with E-state index >= 15 is 4.39 Å². The van der Waals surface area contributed by atoms with Crippen molar-refractivity contribution in [1.82, 2.24) is 10.3 Å². The molecule has 1 heterocycles. The monoisotopic (exact) mass is 537 g/mol. The summed E-state index contributed by atoms with van der Waals surface area (Å²) >= 11 is 1.61. The molecule has 37 heavy (non-hydrogen) atoms. The van der Waals surface area contributed by atoms with Gasteiger partial charge in [0, 0.05) is 36.0 Å². The average molecular weight is 538 g/mol. The van der Waals surface area contributed by atoms with Crippen molar-refractivity contribution in [2.24, 2.45) is 5.73 Å². The van der Waals surface area contributed by atoms with E-state index in [-0.39, 0.29) is 17.2 Å². The van der Waals surface area contributed by atoms with Crippen LogP contribution in [0.4, 0.5) is 26.5 Å². The first-order chi connectivity index (χ1) is 17.4. The maximum atomic E-state index is 15.1. The van der Waals surface area contributed by atoms with Crippen LogP contribution >= 0.6 is 11.8 Å². The molecule has 0 saturated carbocycles. The zero-order valence-electron chi connectivity index (χ0n) is 22.2. The smallest absolute Gasteiger partial charge is 0.407 e. The number of carbonyl (C=O) groups excluding carboxylic acids is 2. The molecule has 10 nitrogen and oxygen atoms in total. The summed E-state index contributed by atoms with van der Waals surface area (Å²) < 4.78 is 31.0. The van der Waals surface area contributed by atoms with Crippen LogP contribution < -0.4 is 31.2 Å². The number of rotatable bonds is 12. The summed E-state index contributed by atoms with van der Waals surface area (Å²) in [5.74, 6) is 0.0715. The second-order valence-electron chi connectivity index (χ2n) is 9.27. The van der Waals surface area contributed by atoms with Crippen LogP contribution in [-0.2, 0) is 4.74 Å². The van der Waals surface area contributed by atoms with Gasteiger partial charge in [0.1, 0.15) is 22.9 Å². The second kappa shape index (κ2) is 13.2. The molecule has 2 aromatic rings. The summed E-state index contributed by atoms with van der Waals surface area (Å²) in [6, 6.07) is 5.21. The molecule has 0 fully saturated rings. The molecule has 2 amide bonds. The number of nitrogens with one attached hydrogen (secondary N) is 3. The van der Waals surface area contributed by atoms with Gasteiger partial charge in [-0.3, -0.25) is 4.79 Å². The van der Waals surface area contributed by atoms with E-state index < -0.39 is 35.5 Å². The number of primary amides is 1. The molecule has 204 valence electrons. The number of aromatic nitrogens is 1. The molecule has 5 N–H and O–H groups in total. The number of halogens is 1. The van der Waals surface area contributed by atoms with Crippen LogP contribution in [0, 0.1) is 5.82 Å². The Labute approximate surface area is 221 Å². The first kappa shape index (κ1) is 29.8. The molecule has 0 radical (unpaired) electrons. The van der Waals surface area contributed by atoms with Gasteiger partial charge in [0.05, 0.1) is 19.8 Å². The lowest BCUT2D eigenvalue weighted by Crippen LogP contribution is -2.47. The number of amides is 2. The van der Waals surface area contributed by atoms with Crippen molar-refractivity contribution in [3.8, 4) is 11.5 Å². The highest BCUT2D eigenvalue weighted by Crippen LogP contribution is 2.30. The van der Waals surface area contributed by atoms with E-state index in [4.69, 9.17) is 19.9 Å². The SMILES string of the molecule is COc1cc(Nc2nc(N[C@H](CCSC)[C@H](C)NC(=O)OC(C)(C)C)c(F)cc2C(N)=O)cc(OC)c1. The van der Waals surface area contributed by atoms with Gasteiger partial charge < -0.3 is 35.9 Å². The number of pyridine rings is 1. The third-order valence-corrected chi connectivity index (χ3v) is 5.80. The van der Waals surface area contributed by atoms with Gasteiger partial charge >= 0.3 is 6.09 Å². The Morgan fingerprint density at radius 1 is 1.11 bits per heavy atom. The molecule has 2 rings (SSSR count). The van der Waals surface area contributed by atoms with E-state index in [0.29, 0.717) is 23.6 Å². The van der Waals surface area contributed by atoms with Crippen LogP contribution in [0.1, 0.15) is 44.5 Å². The van der Waals surface area contributed by atoms with E-state index in [2.05, 4.69) is 20.9 Å². The highest BCUT2D eigenvalue weighted by Gasteiger charge is 2.25. The van der Waals surface area contributed by atoms with E-state index in [9.17, 15) is 9.59 Å². The summed E-state index contributed by atoms with van der Waals surface area (Å²) in [5.41, 5.74) is 5.20. The predicted octanol–water partition coefficient (Wildman–Crippen LogP) is 4.53. The van der Waals surface area contributed by atoms with Gasteiger partial charge in [-0.25, -0.2) is 14.2 Å². The molecule has 0 aliphatic rings. The molecule has 0 aliphatic heterocycles. The van der Waals surface area contributed by atoms with Crippen molar-refractivity contribution in [3.63, 3.8) is 0 Å². The number of benzene rings is 1. The van der Waals surface area contributed by atoms with Gasteiger partial charge in [0.15, 0.2) is 11.6 Å². The number of thioether (sulfide) groups is 1. The topological polar surface area (TPSA) is 137 Å². The summed E-state index contributed by atoms with van der Waals surface area (Å²) in [5, 5.41) is 8.87. The van der Waals surface area contributed by atoms with Gasteiger partial charge in [-0.1, -0.05) is 0 Å². The third kappa shape index (κ3) is 9.19. The Bertz CT molecular complexity index is 1070. The van der Waals surface area contributed by atoms with E-state index in [1.165, 1.54) is 14.2 Å². The van der Waals surface area contributed by atoms with Gasteiger partial charge in [-0.2, -0.15) is 11.8 Å². The van der Waals surface area contributed by atoms with Gasteiger partial charge in [0.2, 0.25) is 0 Å². The van der Waals surface area contributed by atoms with E-state index in [0.717, 1.165) is 11.8 Å². The number of alkyl carbamates (subject to hydrolysis) is 1. The standard InChI is InChI=1S/C25H36FN5O5S/c1-14(28-24(33)36-25(2,3)4)20(8-9-37-7)30-23-19(26)13-18(21(27)32)22(31-23)29-15-10-16(34-5)12-17(11-15)35-6/h10-14,20H,8-9H2,1-7H3,(H2,27,32)(H,28,33)(H2,29,30,31)/t14-,20+/m0/s1. The molecular formula is C25H36FN5O5S. The summed E-state index contributed by atoms with van der Waals surface area (Å²) in [6.07, 6.45) is 1.96. The van der Waals surface area contributed by atoms with Crippen molar-refractivity contribution in [2.45, 2.75) is 51.8 Å². The van der Waals surface area contributed by atoms with Crippen molar-refractivity contribution < 1.29 is 28.2 Å². The van der Waals surface area contributed by atoms with Crippen molar-refractivity contribution in [2.75, 3.05) is 36.9 Å². The summed E-state index contributed by atoms with van der Waals surface area (Å²) in [6.45, 7) is 7.10. The number of anilines is 3. The number of nitrogens with two attached hydrogens (primary N) is 1. The minimum Gasteiger partial charge on any atom is -0.497 e. The van der Waals surface area contributed by atoms with Gasteiger partial charge in [0.25, 0.3) is 5.91 Å². The Hall–Kier alpha value is -3.41. The van der Waals surface area contributed by atoms with Crippen LogP contribution in [0.3, 0.4) is 0 Å². The van der Waals surface area contributed by atoms with Crippen LogP contribution in [0.5, 0.6) is 11.5 Å². The normalized spacial score (nSPS) is 12.8. The molecular weight excluding hydrogens is 501 g/mol. The number of hydrogen-bond donors (Lipinski definition) is 4. The molecule has 0 spiro atoms. The molecule has 12 heteroatoms. The highest BCUT2D eigenvalue weighted by molar-refractivity contribution is 7.98. The zero-order valence-corrected chi connectivity index (χ0v) is 23.0. The van der Waals surface area contributed by atoms with Crippen LogP contribution in [0.15, 0.2) is 24.3 Å². The quantitative estimate of drug-likeness (QED) is 0.308. The Morgan fingerprint density at radius 3 is 2.24 bits per heavy atom. The highest BCUT2D eigenvalue weighted by atomic mass is 32.2. The maximum absolute atomic E-state index is 15.1. The molecule has 0 aliphatic carbocycles. The average Bonchev–Trinajstić information content (AvgIpc) is 2.81. The van der Waals surface area contributed by atoms with Gasteiger partial charge in [-0.05, 0) is 52.2 Å². The second-order valence-corrected chi connectivity index (χ2v) is 10.3. The number of carbonyl (C=O) groups is 2. The van der Waals surface area contributed by atoms with Crippen LogP contribution in [0.2, 0.25) is 0 Å². The lowest BCUT2D eigenvalue weighted by atomic mass is 10.1. The fourth-order valence-corrected chi connectivity index (χ4v) is 3.84. The molecule has 0 unspecified atom stereocenters. The largest absolute Gasteiger partial charge is 0.497 e. The molecule has 1 aromatic heterocycles. The molecule has 0 bridgehead atoms. The molecule has 2 atom stereocenters. The van der Waals surface area contributed by atoms with Crippen LogP contribution in [0.25, 0.3) is 0 Å². The number of methoxy groups -OCH3 is 2. The Morgan fingerprint density at radius 2 is 1.73 bits per heavy atom. The first-order valence-electron chi connectivity index (χ1n) is 11.6. The van der Waals surface area contributed by atoms with Crippen molar-refractivity contribution in [3.05, 3.63) is 35.6 Å². The first-order valence-corrected chi connectivity index (χ1v) is 13.0. The van der Waals surface area contributed by atoms with Crippen molar-refractivity contribution >= 4 is 41.1 Å². The third-order valence-electron chi connectivity index (χ3n) is 5.16. The lowest BCUT2D eigenvalue weighted by Gasteiger charge is -2.28. The van der Waals surface area contributed by atoms with Crippen LogP contribution in [-0.4, -0.2) is 60.9 Å². The number of hydrogen-bond acceptors (Lipinski definition) is 9. The zero-order chi connectivity index (χ0) is 27.8. The lowest BCUT2D eigenvalue weighted by molar-refractivity contribution is 0.0503. The Kier molecular flexibility index (Phi) is 10.7. The summed E-state index contributed by atoms with van der Waals surface area (Å²) in [7, 11) is 3.01. The fraction of sp³-hybridized carbons (Fsp3) is 0.480. The molecule has 0 saturated heterocycles. The molecule has 1 aromatic carbocycles. The minimum absolute atomic E-state index is 0.0445. The predicted molar refractivity (Wildman–Crippen MR) is 145 cm³/mol. The van der Waals surface area contributed by atoms with Crippen molar-refractivity contribution in [1.29, 1.82) is 0 Å². The number of nitrogens with zero attached hydrogens (tertiary/aromatic N) is 1. The number of ether oxygens (including phenoxy) is 3. The Balaban J connectivity index is 2.39.